The van der Waals surface area contributed by atoms with Crippen LogP contribution in [0.4, 0.5) is 0 Å². The van der Waals surface area contributed by atoms with E-state index in [1.54, 1.807) is 12.3 Å². The van der Waals surface area contributed by atoms with E-state index >= 15 is 0 Å². The number of guanidine groups is 1. The number of benzene rings is 1. The van der Waals surface area contributed by atoms with E-state index in [0.717, 1.165) is 18.7 Å². The maximum atomic E-state index is 10.3. The lowest BCUT2D eigenvalue weighted by atomic mass is 10.1. The van der Waals surface area contributed by atoms with E-state index in [-0.39, 0.29) is 30.5 Å². The second-order valence-corrected chi connectivity index (χ2v) is 5.66. The lowest BCUT2D eigenvalue weighted by Gasteiger charge is -2.14. The number of nitrogens with zero attached hydrogens (tertiary/aromatic N) is 2. The maximum Gasteiger partial charge on any atom is 0.191 e. The van der Waals surface area contributed by atoms with Crippen molar-refractivity contribution in [3.8, 4) is 0 Å². The average Bonchev–Trinajstić information content (AvgIpc) is 2.60. The van der Waals surface area contributed by atoms with Gasteiger partial charge in [0.15, 0.2) is 5.96 Å². The molecule has 0 aliphatic carbocycles. The van der Waals surface area contributed by atoms with E-state index in [1.165, 1.54) is 0 Å². The van der Waals surface area contributed by atoms with Gasteiger partial charge < -0.3 is 15.7 Å². The second kappa shape index (κ2) is 12.1. The molecule has 0 amide bonds. The Bertz CT molecular complexity index is 655. The van der Waals surface area contributed by atoms with Gasteiger partial charge in [-0.15, -0.1) is 24.0 Å². The van der Waals surface area contributed by atoms with Crippen LogP contribution in [0.15, 0.2) is 53.7 Å². The van der Waals surface area contributed by atoms with Crippen LogP contribution < -0.4 is 10.6 Å². The van der Waals surface area contributed by atoms with Crippen LogP contribution in [0.25, 0.3) is 0 Å². The minimum Gasteiger partial charge on any atom is -0.386 e. The lowest BCUT2D eigenvalue weighted by Crippen LogP contribution is -2.38. The molecule has 0 spiro atoms. The van der Waals surface area contributed by atoms with Crippen molar-refractivity contribution in [1.29, 1.82) is 0 Å². The Labute approximate surface area is 170 Å². The Morgan fingerprint density at radius 2 is 1.96 bits per heavy atom. The highest BCUT2D eigenvalue weighted by Gasteiger charge is 2.10. The second-order valence-electron chi connectivity index (χ2n) is 5.25. The number of rotatable bonds is 7. The number of pyridine rings is 1. The molecule has 0 saturated heterocycles. The molecule has 1 unspecified atom stereocenters. The van der Waals surface area contributed by atoms with Crippen molar-refractivity contribution < 1.29 is 5.11 Å². The number of aromatic nitrogens is 1. The van der Waals surface area contributed by atoms with Gasteiger partial charge in [0.1, 0.15) is 6.10 Å². The minimum atomic E-state index is -0.732. The molecule has 1 atom stereocenters. The summed E-state index contributed by atoms with van der Waals surface area (Å²) in [5, 5.41) is 17.2. The zero-order valence-corrected chi connectivity index (χ0v) is 17.2. The molecule has 2 aromatic rings. The molecular formula is C18H24ClIN4O. The summed E-state index contributed by atoms with van der Waals surface area (Å²) in [4.78, 5) is 8.72. The predicted molar refractivity (Wildman–Crippen MR) is 114 cm³/mol. The minimum absolute atomic E-state index is 0. The van der Waals surface area contributed by atoms with Crippen molar-refractivity contribution in [2.45, 2.75) is 19.4 Å². The Kier molecular flexibility index (Phi) is 10.4. The summed E-state index contributed by atoms with van der Waals surface area (Å²) in [6.07, 6.45) is 1.86. The molecule has 0 saturated carbocycles. The van der Waals surface area contributed by atoms with Crippen molar-refractivity contribution in [2.24, 2.45) is 4.99 Å². The third-order valence-electron chi connectivity index (χ3n) is 3.43. The van der Waals surface area contributed by atoms with Crippen molar-refractivity contribution in [1.82, 2.24) is 15.6 Å². The fourth-order valence-electron chi connectivity index (χ4n) is 2.22. The third-order valence-corrected chi connectivity index (χ3v) is 3.77. The van der Waals surface area contributed by atoms with Gasteiger partial charge in [0.05, 0.1) is 6.54 Å². The van der Waals surface area contributed by atoms with E-state index in [4.69, 9.17) is 11.6 Å². The molecule has 1 aromatic carbocycles. The Hall–Kier alpha value is -1.38. The van der Waals surface area contributed by atoms with E-state index in [0.29, 0.717) is 23.1 Å². The smallest absolute Gasteiger partial charge is 0.191 e. The van der Waals surface area contributed by atoms with Gasteiger partial charge in [0.25, 0.3) is 0 Å². The van der Waals surface area contributed by atoms with Gasteiger partial charge in [-0.05, 0) is 25.1 Å². The summed E-state index contributed by atoms with van der Waals surface area (Å²) < 4.78 is 0. The van der Waals surface area contributed by atoms with Crippen LogP contribution >= 0.6 is 35.6 Å². The van der Waals surface area contributed by atoms with Crippen molar-refractivity contribution in [2.75, 3.05) is 19.6 Å². The van der Waals surface area contributed by atoms with Crippen molar-refractivity contribution in [3.63, 3.8) is 0 Å². The standard InChI is InChI=1S/C18H23ClN4O.HI/c1-2-20-18(22-12-10-14-7-5-6-11-21-14)23-13-17(24)15-8-3-4-9-16(15)19;/h3-9,11,17,24H,2,10,12-13H2,1H3,(H2,20,22,23);1H. The van der Waals surface area contributed by atoms with E-state index in [2.05, 4.69) is 20.6 Å². The molecule has 0 bridgehead atoms. The molecule has 0 aliphatic heterocycles. The number of aliphatic hydroxyl groups excluding tert-OH is 1. The topological polar surface area (TPSA) is 69.5 Å². The van der Waals surface area contributed by atoms with Crippen LogP contribution in [0.1, 0.15) is 24.3 Å². The first-order valence-corrected chi connectivity index (χ1v) is 8.43. The van der Waals surface area contributed by atoms with E-state index < -0.39 is 6.10 Å². The molecule has 0 fully saturated rings. The van der Waals surface area contributed by atoms with E-state index in [9.17, 15) is 5.11 Å². The number of hydrogen-bond acceptors (Lipinski definition) is 3. The summed E-state index contributed by atoms with van der Waals surface area (Å²) in [6.45, 7) is 3.70. The average molecular weight is 475 g/mol. The molecule has 25 heavy (non-hydrogen) atoms. The molecule has 2 rings (SSSR count). The Balaban J connectivity index is 0.00000312. The molecule has 0 radical (unpaired) electrons. The molecule has 3 N–H and O–H groups in total. The molecule has 1 aromatic heterocycles. The van der Waals surface area contributed by atoms with Crippen LogP contribution in [0.3, 0.4) is 0 Å². The normalized spacial score (nSPS) is 12.2. The zero-order chi connectivity index (χ0) is 17.2. The van der Waals surface area contributed by atoms with Crippen LogP contribution in [0.2, 0.25) is 5.02 Å². The summed E-state index contributed by atoms with van der Waals surface area (Å²) in [5.74, 6) is 0.666. The SMILES string of the molecule is CCNC(=NCC(O)c1ccccc1Cl)NCCc1ccccn1.I. The fourth-order valence-corrected chi connectivity index (χ4v) is 2.48. The number of aliphatic imine (C=N–C) groups is 1. The van der Waals surface area contributed by atoms with Gasteiger partial charge in [0, 0.05) is 42.0 Å². The summed E-state index contributed by atoms with van der Waals surface area (Å²) in [7, 11) is 0. The molecular weight excluding hydrogens is 451 g/mol. The van der Waals surface area contributed by atoms with E-state index in [1.807, 2.05) is 43.3 Å². The largest absolute Gasteiger partial charge is 0.386 e. The maximum absolute atomic E-state index is 10.3. The zero-order valence-electron chi connectivity index (χ0n) is 14.2. The van der Waals surface area contributed by atoms with Gasteiger partial charge in [0.2, 0.25) is 0 Å². The first-order valence-electron chi connectivity index (χ1n) is 8.05. The third kappa shape index (κ3) is 7.58. The fraction of sp³-hybridized carbons (Fsp3) is 0.333. The lowest BCUT2D eigenvalue weighted by molar-refractivity contribution is 0.187. The summed E-state index contributed by atoms with van der Waals surface area (Å²) in [6, 6.07) is 13.1. The summed E-state index contributed by atoms with van der Waals surface area (Å²) in [5.41, 5.74) is 1.71. The molecule has 5 nitrogen and oxygen atoms in total. The monoisotopic (exact) mass is 474 g/mol. The highest BCUT2D eigenvalue weighted by molar-refractivity contribution is 14.0. The molecule has 136 valence electrons. The van der Waals surface area contributed by atoms with Crippen molar-refractivity contribution >= 4 is 41.5 Å². The van der Waals surface area contributed by atoms with Gasteiger partial charge >= 0.3 is 0 Å². The quantitative estimate of drug-likeness (QED) is 0.327. The van der Waals surface area contributed by atoms with Gasteiger partial charge in [-0.1, -0.05) is 35.9 Å². The van der Waals surface area contributed by atoms with Crippen LogP contribution in [-0.2, 0) is 6.42 Å². The highest BCUT2D eigenvalue weighted by atomic mass is 127. The van der Waals surface area contributed by atoms with Crippen LogP contribution in [0, 0.1) is 0 Å². The van der Waals surface area contributed by atoms with Crippen molar-refractivity contribution in [3.05, 3.63) is 64.9 Å². The number of hydrogen-bond donors (Lipinski definition) is 3. The molecule has 0 aliphatic rings. The molecule has 1 heterocycles. The Morgan fingerprint density at radius 1 is 1.20 bits per heavy atom. The van der Waals surface area contributed by atoms with Gasteiger partial charge in [-0.2, -0.15) is 0 Å². The summed E-state index contributed by atoms with van der Waals surface area (Å²) >= 11 is 6.10. The first-order chi connectivity index (χ1) is 11.7. The van der Waals surface area contributed by atoms with Crippen LogP contribution in [-0.4, -0.2) is 35.7 Å². The number of halogens is 2. The van der Waals surface area contributed by atoms with Crippen LogP contribution in [0.5, 0.6) is 0 Å². The molecule has 7 heteroatoms. The number of nitrogens with one attached hydrogen (secondary N) is 2. The van der Waals surface area contributed by atoms with Gasteiger partial charge in [-0.3, -0.25) is 9.98 Å². The highest BCUT2D eigenvalue weighted by Crippen LogP contribution is 2.22. The Morgan fingerprint density at radius 3 is 2.64 bits per heavy atom. The predicted octanol–water partition coefficient (Wildman–Crippen LogP) is 3.18. The van der Waals surface area contributed by atoms with Gasteiger partial charge in [-0.25, -0.2) is 0 Å². The first kappa shape index (κ1) is 21.7. The number of aliphatic hydroxyl groups is 1.